The summed E-state index contributed by atoms with van der Waals surface area (Å²) in [4.78, 5) is 10.8. The summed E-state index contributed by atoms with van der Waals surface area (Å²) in [6.45, 7) is 8.27. The predicted octanol–water partition coefficient (Wildman–Crippen LogP) is 3.13. The zero-order chi connectivity index (χ0) is 14.6. The van der Waals surface area contributed by atoms with Crippen molar-refractivity contribution < 1.29 is 4.92 Å². The lowest BCUT2D eigenvalue weighted by Crippen LogP contribution is -2.18. The summed E-state index contributed by atoms with van der Waals surface area (Å²) in [5, 5.41) is 18.6. The van der Waals surface area contributed by atoms with Crippen LogP contribution in [0.3, 0.4) is 0 Å². The van der Waals surface area contributed by atoms with Crippen LogP contribution in [0.1, 0.15) is 46.2 Å². The summed E-state index contributed by atoms with van der Waals surface area (Å²) < 4.78 is 1.57. The van der Waals surface area contributed by atoms with Gasteiger partial charge in [0.15, 0.2) is 0 Å². The number of anilines is 1. The van der Waals surface area contributed by atoms with Crippen LogP contribution in [0.4, 0.5) is 11.5 Å². The highest BCUT2D eigenvalue weighted by Gasteiger charge is 2.26. The van der Waals surface area contributed by atoms with Gasteiger partial charge in [-0.3, -0.25) is 10.1 Å². The van der Waals surface area contributed by atoms with E-state index in [1.54, 1.807) is 11.7 Å². The van der Waals surface area contributed by atoms with Gasteiger partial charge in [-0.05, 0) is 32.1 Å². The van der Waals surface area contributed by atoms with Gasteiger partial charge in [0.1, 0.15) is 5.69 Å². The van der Waals surface area contributed by atoms with Crippen molar-refractivity contribution in [3.05, 3.63) is 15.8 Å². The van der Waals surface area contributed by atoms with Crippen LogP contribution < -0.4 is 5.32 Å². The van der Waals surface area contributed by atoms with E-state index in [0.29, 0.717) is 23.9 Å². The molecule has 0 aliphatic carbocycles. The van der Waals surface area contributed by atoms with E-state index in [2.05, 4.69) is 24.3 Å². The maximum Gasteiger partial charge on any atom is 0.333 e. The standard InChI is InChI=1S/C13H24N4O2/c1-6-11-12(17(18)19)13(16(5)15-11)14-10(4)8-7-9(2)3/h9-10,14H,6-8H2,1-5H3. The molecule has 1 N–H and O–H groups in total. The minimum atomic E-state index is -0.344. The quantitative estimate of drug-likeness (QED) is 0.609. The van der Waals surface area contributed by atoms with Crippen molar-refractivity contribution in [3.63, 3.8) is 0 Å². The molecule has 0 saturated heterocycles. The number of hydrogen-bond donors (Lipinski definition) is 1. The number of aromatic nitrogens is 2. The molecule has 108 valence electrons. The van der Waals surface area contributed by atoms with Gasteiger partial charge in [0.25, 0.3) is 0 Å². The lowest BCUT2D eigenvalue weighted by atomic mass is 10.0. The Morgan fingerprint density at radius 1 is 1.37 bits per heavy atom. The molecular weight excluding hydrogens is 244 g/mol. The number of nitrogens with one attached hydrogen (secondary N) is 1. The van der Waals surface area contributed by atoms with Crippen LogP contribution in [0.15, 0.2) is 0 Å². The molecule has 0 aromatic carbocycles. The molecule has 0 saturated carbocycles. The second kappa shape index (κ2) is 6.54. The van der Waals surface area contributed by atoms with Crippen molar-refractivity contribution in [2.45, 2.75) is 53.0 Å². The normalized spacial score (nSPS) is 12.7. The summed E-state index contributed by atoms with van der Waals surface area (Å²) in [5.74, 6) is 1.15. The smallest absolute Gasteiger partial charge is 0.333 e. The third kappa shape index (κ3) is 3.94. The average molecular weight is 268 g/mol. The van der Waals surface area contributed by atoms with E-state index in [9.17, 15) is 10.1 Å². The van der Waals surface area contributed by atoms with Gasteiger partial charge in [-0.25, -0.2) is 4.68 Å². The minimum absolute atomic E-state index is 0.112. The van der Waals surface area contributed by atoms with Crippen molar-refractivity contribution in [2.75, 3.05) is 5.32 Å². The van der Waals surface area contributed by atoms with Crippen LogP contribution in [0.25, 0.3) is 0 Å². The van der Waals surface area contributed by atoms with Crippen LogP contribution in [0, 0.1) is 16.0 Å². The first-order valence-corrected chi connectivity index (χ1v) is 6.83. The maximum absolute atomic E-state index is 11.2. The largest absolute Gasteiger partial charge is 0.362 e. The molecular formula is C13H24N4O2. The van der Waals surface area contributed by atoms with Gasteiger partial charge in [0.2, 0.25) is 5.82 Å². The van der Waals surface area contributed by atoms with E-state index in [4.69, 9.17) is 0 Å². The zero-order valence-corrected chi connectivity index (χ0v) is 12.4. The summed E-state index contributed by atoms with van der Waals surface area (Å²) in [6, 6.07) is 0.196. The van der Waals surface area contributed by atoms with E-state index in [1.807, 2.05) is 13.8 Å². The Morgan fingerprint density at radius 3 is 2.47 bits per heavy atom. The zero-order valence-electron chi connectivity index (χ0n) is 12.4. The molecule has 0 spiro atoms. The Kier molecular flexibility index (Phi) is 5.32. The minimum Gasteiger partial charge on any atom is -0.362 e. The van der Waals surface area contributed by atoms with E-state index in [-0.39, 0.29) is 16.7 Å². The Hall–Kier alpha value is -1.59. The fraction of sp³-hybridized carbons (Fsp3) is 0.769. The Labute approximate surface area is 114 Å². The molecule has 1 heterocycles. The van der Waals surface area contributed by atoms with E-state index >= 15 is 0 Å². The lowest BCUT2D eigenvalue weighted by molar-refractivity contribution is -0.384. The molecule has 1 unspecified atom stereocenters. The van der Waals surface area contributed by atoms with Crippen LogP contribution in [-0.2, 0) is 13.5 Å². The van der Waals surface area contributed by atoms with Gasteiger partial charge in [0, 0.05) is 13.1 Å². The molecule has 0 amide bonds. The first-order valence-electron chi connectivity index (χ1n) is 6.83. The van der Waals surface area contributed by atoms with Crippen molar-refractivity contribution in [1.29, 1.82) is 0 Å². The number of aryl methyl sites for hydroxylation is 2. The molecule has 1 atom stereocenters. The number of nitrogens with zero attached hydrogens (tertiary/aromatic N) is 3. The second-order valence-electron chi connectivity index (χ2n) is 5.39. The van der Waals surface area contributed by atoms with Gasteiger partial charge >= 0.3 is 5.69 Å². The molecule has 0 aliphatic heterocycles. The first-order chi connectivity index (χ1) is 8.86. The molecule has 6 heteroatoms. The van der Waals surface area contributed by atoms with E-state index in [0.717, 1.165) is 12.8 Å². The number of rotatable bonds is 7. The molecule has 19 heavy (non-hydrogen) atoms. The van der Waals surface area contributed by atoms with Crippen molar-refractivity contribution in [1.82, 2.24) is 9.78 Å². The van der Waals surface area contributed by atoms with Crippen molar-refractivity contribution >= 4 is 11.5 Å². The van der Waals surface area contributed by atoms with Crippen molar-refractivity contribution in [2.24, 2.45) is 13.0 Å². The van der Waals surface area contributed by atoms with Crippen molar-refractivity contribution in [3.8, 4) is 0 Å². The second-order valence-corrected chi connectivity index (χ2v) is 5.39. The highest BCUT2D eigenvalue weighted by atomic mass is 16.6. The monoisotopic (exact) mass is 268 g/mol. The average Bonchev–Trinajstić information content (AvgIpc) is 2.63. The fourth-order valence-corrected chi connectivity index (χ4v) is 2.05. The predicted molar refractivity (Wildman–Crippen MR) is 76.4 cm³/mol. The maximum atomic E-state index is 11.2. The SMILES string of the molecule is CCc1nn(C)c(NC(C)CCC(C)C)c1[N+](=O)[O-]. The molecule has 1 aromatic heterocycles. The molecule has 0 aliphatic rings. The Bertz CT molecular complexity index is 440. The van der Waals surface area contributed by atoms with Crippen LogP contribution >= 0.6 is 0 Å². The van der Waals surface area contributed by atoms with Gasteiger partial charge in [0.05, 0.1) is 4.92 Å². The number of nitro groups is 1. The molecule has 1 rings (SSSR count). The Balaban J connectivity index is 2.88. The fourth-order valence-electron chi connectivity index (χ4n) is 2.05. The summed E-state index contributed by atoms with van der Waals surface area (Å²) in [5.41, 5.74) is 0.646. The Morgan fingerprint density at radius 2 is 2.00 bits per heavy atom. The highest BCUT2D eigenvalue weighted by Crippen LogP contribution is 2.29. The van der Waals surface area contributed by atoms with Gasteiger partial charge in [-0.1, -0.05) is 20.8 Å². The summed E-state index contributed by atoms with van der Waals surface area (Å²) >= 11 is 0. The molecule has 0 bridgehead atoms. The van der Waals surface area contributed by atoms with E-state index in [1.165, 1.54) is 0 Å². The lowest BCUT2D eigenvalue weighted by Gasteiger charge is -2.15. The van der Waals surface area contributed by atoms with Crippen LogP contribution in [0.5, 0.6) is 0 Å². The summed E-state index contributed by atoms with van der Waals surface area (Å²) in [7, 11) is 1.74. The van der Waals surface area contributed by atoms with Gasteiger partial charge in [-0.15, -0.1) is 0 Å². The topological polar surface area (TPSA) is 73.0 Å². The molecule has 6 nitrogen and oxygen atoms in total. The molecule has 0 fully saturated rings. The van der Waals surface area contributed by atoms with E-state index < -0.39 is 0 Å². The summed E-state index contributed by atoms with van der Waals surface area (Å²) in [6.07, 6.45) is 2.65. The third-order valence-corrected chi connectivity index (χ3v) is 3.17. The first kappa shape index (κ1) is 15.5. The molecule has 0 radical (unpaired) electrons. The molecule has 1 aromatic rings. The third-order valence-electron chi connectivity index (χ3n) is 3.17. The highest BCUT2D eigenvalue weighted by molar-refractivity contribution is 5.60. The van der Waals surface area contributed by atoms with Crippen LogP contribution in [-0.4, -0.2) is 20.7 Å². The van der Waals surface area contributed by atoms with Gasteiger partial charge in [-0.2, -0.15) is 5.10 Å². The number of hydrogen-bond acceptors (Lipinski definition) is 4. The van der Waals surface area contributed by atoms with Crippen LogP contribution in [0.2, 0.25) is 0 Å². The van der Waals surface area contributed by atoms with Gasteiger partial charge < -0.3 is 5.32 Å².